The summed E-state index contributed by atoms with van der Waals surface area (Å²) in [7, 11) is 4.20. The summed E-state index contributed by atoms with van der Waals surface area (Å²) < 4.78 is 0. The Morgan fingerprint density at radius 2 is 1.88 bits per heavy atom. The minimum atomic E-state index is 0.765. The molecule has 1 aromatic heterocycles. The molecule has 0 unspecified atom stereocenters. The average molecular weight is 354 g/mol. The van der Waals surface area contributed by atoms with Crippen molar-refractivity contribution in [2.45, 2.75) is 25.7 Å². The summed E-state index contributed by atoms with van der Waals surface area (Å²) in [6.45, 7) is 4.11. The molecule has 0 radical (unpaired) electrons. The van der Waals surface area contributed by atoms with Gasteiger partial charge in [0.15, 0.2) is 0 Å². The summed E-state index contributed by atoms with van der Waals surface area (Å²) >= 11 is 0. The van der Waals surface area contributed by atoms with Crippen LogP contribution in [0.4, 0.5) is 11.8 Å². The molecule has 1 aliphatic heterocycles. The van der Waals surface area contributed by atoms with E-state index in [4.69, 9.17) is 4.98 Å². The van der Waals surface area contributed by atoms with Gasteiger partial charge in [-0.05, 0) is 63.9 Å². The Balaban J connectivity index is 1.47. The standard InChI is InChI=1S/C21H31N5/c1-25(2)14-6-12-22-20-9-13-23-21(24-20)26-15-10-19(11-16-26)17-18-7-4-3-5-8-18/h3-5,7-9,13,19H,6,10-12,14-17H2,1-2H3,(H,22,23,24). The van der Waals surface area contributed by atoms with Crippen molar-refractivity contribution in [2.24, 2.45) is 5.92 Å². The van der Waals surface area contributed by atoms with Crippen LogP contribution in [0.5, 0.6) is 0 Å². The van der Waals surface area contributed by atoms with E-state index in [-0.39, 0.29) is 0 Å². The average Bonchev–Trinajstić information content (AvgIpc) is 2.67. The molecule has 2 heterocycles. The van der Waals surface area contributed by atoms with E-state index in [9.17, 15) is 0 Å². The molecule has 1 N–H and O–H groups in total. The number of piperidine rings is 1. The normalized spacial score (nSPS) is 15.4. The first-order valence-corrected chi connectivity index (χ1v) is 9.71. The van der Waals surface area contributed by atoms with Gasteiger partial charge in [-0.2, -0.15) is 4.98 Å². The third kappa shape index (κ3) is 5.70. The van der Waals surface area contributed by atoms with Crippen LogP contribution in [-0.2, 0) is 6.42 Å². The van der Waals surface area contributed by atoms with Crippen LogP contribution in [0.15, 0.2) is 42.6 Å². The maximum absolute atomic E-state index is 4.71. The van der Waals surface area contributed by atoms with Crippen molar-refractivity contribution in [3.8, 4) is 0 Å². The molecule has 140 valence electrons. The van der Waals surface area contributed by atoms with E-state index >= 15 is 0 Å². The van der Waals surface area contributed by atoms with Gasteiger partial charge in [0.2, 0.25) is 5.95 Å². The van der Waals surface area contributed by atoms with Crippen LogP contribution in [0.2, 0.25) is 0 Å². The monoisotopic (exact) mass is 353 g/mol. The number of hydrogen-bond donors (Lipinski definition) is 1. The van der Waals surface area contributed by atoms with Gasteiger partial charge in [0.1, 0.15) is 5.82 Å². The van der Waals surface area contributed by atoms with E-state index in [2.05, 4.69) is 64.5 Å². The molecule has 0 aliphatic carbocycles. The second-order valence-electron chi connectivity index (χ2n) is 7.45. The van der Waals surface area contributed by atoms with E-state index in [0.717, 1.165) is 50.3 Å². The Labute approximate surface area is 157 Å². The second-order valence-corrected chi connectivity index (χ2v) is 7.45. The summed E-state index contributed by atoms with van der Waals surface area (Å²) in [5.74, 6) is 2.56. The van der Waals surface area contributed by atoms with E-state index in [0.29, 0.717) is 0 Å². The van der Waals surface area contributed by atoms with Gasteiger partial charge in [-0.3, -0.25) is 0 Å². The van der Waals surface area contributed by atoms with Gasteiger partial charge < -0.3 is 15.1 Å². The molecule has 3 rings (SSSR count). The smallest absolute Gasteiger partial charge is 0.227 e. The summed E-state index contributed by atoms with van der Waals surface area (Å²) in [5.41, 5.74) is 1.45. The van der Waals surface area contributed by atoms with Gasteiger partial charge >= 0.3 is 0 Å². The van der Waals surface area contributed by atoms with Gasteiger partial charge in [0.25, 0.3) is 0 Å². The van der Waals surface area contributed by atoms with Gasteiger partial charge in [-0.25, -0.2) is 4.98 Å². The molecule has 0 atom stereocenters. The predicted molar refractivity (Wildman–Crippen MR) is 109 cm³/mol. The van der Waals surface area contributed by atoms with Gasteiger partial charge in [-0.15, -0.1) is 0 Å². The fourth-order valence-corrected chi connectivity index (χ4v) is 3.50. The maximum atomic E-state index is 4.71. The lowest BCUT2D eigenvalue weighted by molar-refractivity contribution is 0.400. The largest absolute Gasteiger partial charge is 0.370 e. The number of anilines is 2. The lowest BCUT2D eigenvalue weighted by Crippen LogP contribution is -2.35. The third-order valence-electron chi connectivity index (χ3n) is 5.00. The summed E-state index contributed by atoms with van der Waals surface area (Å²) in [5, 5.41) is 3.42. The van der Waals surface area contributed by atoms with Crippen molar-refractivity contribution >= 4 is 11.8 Å². The zero-order valence-electron chi connectivity index (χ0n) is 16.1. The Morgan fingerprint density at radius 3 is 2.62 bits per heavy atom. The summed E-state index contributed by atoms with van der Waals surface area (Å²) in [6.07, 6.45) is 6.57. The molecule has 26 heavy (non-hydrogen) atoms. The first kappa shape index (κ1) is 18.6. The Bertz CT molecular complexity index is 650. The van der Waals surface area contributed by atoms with Crippen LogP contribution in [0.3, 0.4) is 0 Å². The number of benzene rings is 1. The predicted octanol–water partition coefficient (Wildman–Crippen LogP) is 3.30. The zero-order valence-corrected chi connectivity index (χ0v) is 16.1. The molecular formula is C21H31N5. The zero-order chi connectivity index (χ0) is 18.2. The van der Waals surface area contributed by atoms with Crippen LogP contribution in [-0.4, -0.2) is 55.1 Å². The molecule has 5 heteroatoms. The van der Waals surface area contributed by atoms with Crippen molar-refractivity contribution < 1.29 is 0 Å². The van der Waals surface area contributed by atoms with Gasteiger partial charge in [0, 0.05) is 25.8 Å². The molecule has 0 amide bonds. The molecule has 5 nitrogen and oxygen atoms in total. The highest BCUT2D eigenvalue weighted by Gasteiger charge is 2.21. The molecule has 1 fully saturated rings. The molecule has 2 aromatic rings. The topological polar surface area (TPSA) is 44.3 Å². The number of rotatable bonds is 8. The van der Waals surface area contributed by atoms with E-state index in [1.165, 1.54) is 24.8 Å². The van der Waals surface area contributed by atoms with Crippen molar-refractivity contribution in [3.05, 3.63) is 48.2 Å². The second kappa shape index (κ2) is 9.53. The first-order valence-electron chi connectivity index (χ1n) is 9.71. The van der Waals surface area contributed by atoms with Crippen molar-refractivity contribution in [1.82, 2.24) is 14.9 Å². The van der Waals surface area contributed by atoms with Crippen LogP contribution in [0.25, 0.3) is 0 Å². The molecule has 0 saturated carbocycles. The lowest BCUT2D eigenvalue weighted by atomic mass is 9.90. The highest BCUT2D eigenvalue weighted by Crippen LogP contribution is 2.24. The van der Waals surface area contributed by atoms with Gasteiger partial charge in [0.05, 0.1) is 0 Å². The van der Waals surface area contributed by atoms with Crippen molar-refractivity contribution in [1.29, 1.82) is 0 Å². The minimum Gasteiger partial charge on any atom is -0.370 e. The van der Waals surface area contributed by atoms with Gasteiger partial charge in [-0.1, -0.05) is 30.3 Å². The number of nitrogens with one attached hydrogen (secondary N) is 1. The fourth-order valence-electron chi connectivity index (χ4n) is 3.50. The number of aromatic nitrogens is 2. The first-order chi connectivity index (χ1) is 12.7. The highest BCUT2D eigenvalue weighted by molar-refractivity contribution is 5.41. The van der Waals surface area contributed by atoms with Crippen LogP contribution >= 0.6 is 0 Å². The molecular weight excluding hydrogens is 322 g/mol. The van der Waals surface area contributed by atoms with E-state index in [1.54, 1.807) is 0 Å². The quantitative estimate of drug-likeness (QED) is 0.738. The maximum Gasteiger partial charge on any atom is 0.227 e. The Morgan fingerprint density at radius 1 is 1.12 bits per heavy atom. The van der Waals surface area contributed by atoms with Crippen molar-refractivity contribution in [2.75, 3.05) is 50.5 Å². The number of nitrogens with zero attached hydrogens (tertiary/aromatic N) is 4. The van der Waals surface area contributed by atoms with E-state index in [1.807, 2.05) is 12.3 Å². The molecule has 0 bridgehead atoms. The molecule has 0 spiro atoms. The van der Waals surface area contributed by atoms with Crippen LogP contribution in [0, 0.1) is 5.92 Å². The van der Waals surface area contributed by atoms with Crippen LogP contribution in [0.1, 0.15) is 24.8 Å². The molecule has 1 saturated heterocycles. The minimum absolute atomic E-state index is 0.765. The Hall–Kier alpha value is -2.14. The number of hydrogen-bond acceptors (Lipinski definition) is 5. The summed E-state index contributed by atoms with van der Waals surface area (Å²) in [6, 6.07) is 12.8. The fraction of sp³-hybridized carbons (Fsp3) is 0.524. The Kier molecular flexibility index (Phi) is 6.83. The third-order valence-corrected chi connectivity index (χ3v) is 5.00. The van der Waals surface area contributed by atoms with Crippen molar-refractivity contribution in [3.63, 3.8) is 0 Å². The highest BCUT2D eigenvalue weighted by atomic mass is 15.3. The molecule has 1 aromatic carbocycles. The SMILES string of the molecule is CN(C)CCCNc1ccnc(N2CCC(Cc3ccccc3)CC2)n1. The summed E-state index contributed by atoms with van der Waals surface area (Å²) in [4.78, 5) is 13.7. The van der Waals surface area contributed by atoms with Crippen LogP contribution < -0.4 is 10.2 Å². The molecule has 1 aliphatic rings. The lowest BCUT2D eigenvalue weighted by Gasteiger charge is -2.32. The van der Waals surface area contributed by atoms with E-state index < -0.39 is 0 Å².